The molecule has 0 N–H and O–H groups in total. The summed E-state index contributed by atoms with van der Waals surface area (Å²) in [5.41, 5.74) is 0. The fourth-order valence-corrected chi connectivity index (χ4v) is 7.75. The number of ether oxygens (including phenoxy) is 2. The first-order valence-corrected chi connectivity index (χ1v) is 10.4. The van der Waals surface area contributed by atoms with Gasteiger partial charge in [-0.25, -0.2) is 0 Å². The van der Waals surface area contributed by atoms with Crippen LogP contribution in [0.15, 0.2) is 24.3 Å². The fraction of sp³-hybridized carbons (Fsp3) is 0.818. The first kappa shape index (κ1) is 14.6. The largest absolute Gasteiger partial charge is 0.376 e. The maximum Gasteiger partial charge on any atom is 0.0704 e. The molecule has 0 amide bonds. The summed E-state index contributed by atoms with van der Waals surface area (Å²) in [7, 11) is 0. The van der Waals surface area contributed by atoms with Crippen LogP contribution in [0.2, 0.25) is 0 Å². The third-order valence-electron chi connectivity index (χ3n) is 8.64. The Morgan fingerprint density at radius 2 is 1.12 bits per heavy atom. The van der Waals surface area contributed by atoms with Crippen molar-refractivity contribution in [1.29, 1.82) is 0 Å². The number of fused-ring (bicyclic) bond motifs is 10. The molecular weight excluding hydrogens is 296 g/mol. The zero-order valence-corrected chi connectivity index (χ0v) is 14.6. The van der Waals surface area contributed by atoms with Crippen molar-refractivity contribution in [3.05, 3.63) is 24.3 Å². The summed E-state index contributed by atoms with van der Waals surface area (Å²) in [6, 6.07) is 0. The second-order valence-electron chi connectivity index (χ2n) is 9.42. The van der Waals surface area contributed by atoms with Gasteiger partial charge in [0.15, 0.2) is 0 Å². The molecule has 0 unspecified atom stereocenters. The predicted molar refractivity (Wildman–Crippen MR) is 93.4 cm³/mol. The lowest BCUT2D eigenvalue weighted by Crippen LogP contribution is -2.33. The summed E-state index contributed by atoms with van der Waals surface area (Å²) in [5, 5.41) is 0. The second kappa shape index (κ2) is 5.45. The van der Waals surface area contributed by atoms with Crippen LogP contribution in [-0.2, 0) is 9.47 Å². The third kappa shape index (κ3) is 2.02. The van der Waals surface area contributed by atoms with Crippen molar-refractivity contribution in [2.45, 2.75) is 50.7 Å². The Bertz CT molecular complexity index is 516. The molecule has 0 aromatic rings. The number of rotatable bonds is 5. The summed E-state index contributed by atoms with van der Waals surface area (Å²) in [4.78, 5) is 0. The monoisotopic (exact) mass is 326 g/mol. The highest BCUT2D eigenvalue weighted by molar-refractivity contribution is 5.15. The first-order chi connectivity index (χ1) is 11.9. The van der Waals surface area contributed by atoms with Crippen molar-refractivity contribution in [3.63, 3.8) is 0 Å². The van der Waals surface area contributed by atoms with Crippen LogP contribution in [0.25, 0.3) is 0 Å². The summed E-state index contributed by atoms with van der Waals surface area (Å²) in [5.74, 6) is 7.11. The van der Waals surface area contributed by atoms with E-state index in [2.05, 4.69) is 24.3 Å². The zero-order valence-electron chi connectivity index (χ0n) is 14.6. The molecule has 0 aromatic carbocycles. The van der Waals surface area contributed by atoms with Gasteiger partial charge >= 0.3 is 0 Å². The minimum absolute atomic E-state index is 0.518. The van der Waals surface area contributed by atoms with Crippen LogP contribution in [0, 0.1) is 47.3 Å². The van der Waals surface area contributed by atoms with Gasteiger partial charge in [0.25, 0.3) is 0 Å². The van der Waals surface area contributed by atoms with E-state index in [-0.39, 0.29) is 0 Å². The van der Waals surface area contributed by atoms with E-state index in [0.29, 0.717) is 12.2 Å². The Balaban J connectivity index is 0.986. The highest BCUT2D eigenvalue weighted by Gasteiger charge is 2.54. The Kier molecular flexibility index (Phi) is 3.30. The molecule has 0 radical (unpaired) electrons. The normalized spacial score (nSPS) is 55.7. The Morgan fingerprint density at radius 3 is 1.62 bits per heavy atom. The molecule has 6 rings (SSSR count). The smallest absolute Gasteiger partial charge is 0.0704 e. The van der Waals surface area contributed by atoms with Gasteiger partial charge in [-0.1, -0.05) is 24.3 Å². The third-order valence-corrected chi connectivity index (χ3v) is 8.64. The molecule has 0 spiro atoms. The topological polar surface area (TPSA) is 18.5 Å². The zero-order chi connectivity index (χ0) is 15.7. The lowest BCUT2D eigenvalue weighted by Gasteiger charge is -2.32. The van der Waals surface area contributed by atoms with E-state index < -0.39 is 0 Å². The van der Waals surface area contributed by atoms with Crippen LogP contribution < -0.4 is 0 Å². The van der Waals surface area contributed by atoms with Crippen molar-refractivity contribution >= 4 is 0 Å². The van der Waals surface area contributed by atoms with E-state index in [1.54, 1.807) is 0 Å². The number of hydrogen-bond acceptors (Lipinski definition) is 2. The van der Waals surface area contributed by atoms with Crippen molar-refractivity contribution in [3.8, 4) is 0 Å². The van der Waals surface area contributed by atoms with E-state index in [9.17, 15) is 0 Å². The van der Waals surface area contributed by atoms with Crippen LogP contribution in [0.3, 0.4) is 0 Å². The van der Waals surface area contributed by atoms with Crippen molar-refractivity contribution in [1.82, 2.24) is 0 Å². The van der Waals surface area contributed by atoms with Gasteiger partial charge in [-0.2, -0.15) is 0 Å². The van der Waals surface area contributed by atoms with Gasteiger partial charge in [-0.15, -0.1) is 0 Å². The van der Waals surface area contributed by atoms with Crippen LogP contribution in [0.4, 0.5) is 0 Å². The fourth-order valence-electron chi connectivity index (χ4n) is 7.75. The van der Waals surface area contributed by atoms with Gasteiger partial charge in [0.2, 0.25) is 0 Å². The van der Waals surface area contributed by atoms with Crippen LogP contribution in [-0.4, -0.2) is 25.4 Å². The lowest BCUT2D eigenvalue weighted by atomic mass is 9.80. The first-order valence-electron chi connectivity index (χ1n) is 10.4. The molecule has 0 saturated heterocycles. The molecule has 24 heavy (non-hydrogen) atoms. The van der Waals surface area contributed by atoms with Gasteiger partial charge in [-0.05, 0) is 85.9 Å². The highest BCUT2D eigenvalue weighted by atomic mass is 16.5. The maximum atomic E-state index is 6.30. The van der Waals surface area contributed by atoms with Crippen LogP contribution >= 0.6 is 0 Å². The van der Waals surface area contributed by atoms with E-state index in [0.717, 1.165) is 60.6 Å². The quantitative estimate of drug-likeness (QED) is 0.556. The molecule has 130 valence electrons. The van der Waals surface area contributed by atoms with Gasteiger partial charge in [0, 0.05) is 0 Å². The van der Waals surface area contributed by atoms with Gasteiger partial charge in [-0.3, -0.25) is 0 Å². The van der Waals surface area contributed by atoms with Gasteiger partial charge in [0.1, 0.15) is 0 Å². The Morgan fingerprint density at radius 1 is 0.625 bits per heavy atom. The van der Waals surface area contributed by atoms with Crippen LogP contribution in [0.1, 0.15) is 38.5 Å². The average molecular weight is 326 g/mol. The standard InChI is InChI=1S/C22H30O2/c1-3-15-13-9-19(17(15)5-1)21(11-13)23-7-8-24-22-12-14-10-20(22)18-6-2-4-16(14)18/h1-2,5-6,13-22H,3-4,7-12H2/t13-,14-,15-,16-,17-,18+,19+,20+,21+,22-/m1/s1. The maximum absolute atomic E-state index is 6.30. The average Bonchev–Trinajstić information content (AvgIpc) is 3.40. The second-order valence-corrected chi connectivity index (χ2v) is 9.42. The van der Waals surface area contributed by atoms with E-state index >= 15 is 0 Å². The summed E-state index contributed by atoms with van der Waals surface area (Å²) in [6.45, 7) is 1.62. The highest BCUT2D eigenvalue weighted by Crippen LogP contribution is 2.58. The molecule has 10 atom stereocenters. The Labute approximate surface area is 145 Å². The van der Waals surface area contributed by atoms with E-state index in [1.807, 2.05) is 0 Å². The van der Waals surface area contributed by atoms with Crippen molar-refractivity contribution in [2.24, 2.45) is 47.3 Å². The molecule has 0 heterocycles. The molecule has 6 aliphatic rings. The van der Waals surface area contributed by atoms with Crippen LogP contribution in [0.5, 0.6) is 0 Å². The molecular formula is C22H30O2. The summed E-state index contributed by atoms with van der Waals surface area (Å²) in [6.07, 6.45) is 19.0. The van der Waals surface area contributed by atoms with Crippen molar-refractivity contribution in [2.75, 3.05) is 13.2 Å². The SMILES string of the molecule is C1=C[C@@H]2[C@H](C1)[C@@H]1C[C@@H]2[C@@H](OCCO[C@@H]2C[C@H]3C[C@H]2[C@H]2C=CC[C@H]32)C1. The molecule has 2 heteroatoms. The van der Waals surface area contributed by atoms with Gasteiger partial charge < -0.3 is 9.47 Å². The minimum atomic E-state index is 0.518. The summed E-state index contributed by atoms with van der Waals surface area (Å²) >= 11 is 0. The summed E-state index contributed by atoms with van der Waals surface area (Å²) < 4.78 is 12.6. The molecule has 0 aromatic heterocycles. The molecule has 4 fully saturated rings. The number of hydrogen-bond donors (Lipinski definition) is 0. The minimum Gasteiger partial charge on any atom is -0.376 e. The number of allylic oxidation sites excluding steroid dienone is 4. The molecule has 4 saturated carbocycles. The Hall–Kier alpha value is -0.600. The molecule has 2 nitrogen and oxygen atoms in total. The van der Waals surface area contributed by atoms with E-state index in [4.69, 9.17) is 9.47 Å². The van der Waals surface area contributed by atoms with E-state index in [1.165, 1.54) is 38.5 Å². The molecule has 6 aliphatic carbocycles. The van der Waals surface area contributed by atoms with Crippen molar-refractivity contribution < 1.29 is 9.47 Å². The van der Waals surface area contributed by atoms with Gasteiger partial charge in [0.05, 0.1) is 25.4 Å². The molecule has 0 aliphatic heterocycles. The lowest BCUT2D eigenvalue weighted by molar-refractivity contribution is -0.0642. The molecule has 4 bridgehead atoms. The predicted octanol–water partition coefficient (Wildman–Crippen LogP) is 4.22.